The minimum atomic E-state index is 0.742. The first-order valence-corrected chi connectivity index (χ1v) is 5.26. The molecule has 1 unspecified atom stereocenters. The lowest BCUT2D eigenvalue weighted by atomic mass is 9.98. The van der Waals surface area contributed by atoms with Crippen molar-refractivity contribution >= 4 is 5.69 Å². The van der Waals surface area contributed by atoms with Crippen LogP contribution in [0.3, 0.4) is 0 Å². The summed E-state index contributed by atoms with van der Waals surface area (Å²) >= 11 is 0. The molecule has 2 rings (SSSR count). The molecule has 0 saturated carbocycles. The van der Waals surface area contributed by atoms with Gasteiger partial charge in [0.15, 0.2) is 0 Å². The van der Waals surface area contributed by atoms with Crippen molar-refractivity contribution in [2.24, 2.45) is 0 Å². The minimum Gasteiger partial charge on any atom is -0.388 e. The molecule has 76 valence electrons. The quantitative estimate of drug-likeness (QED) is 0.768. The molecular formula is C12H18N2. The molecule has 0 spiro atoms. The van der Waals surface area contributed by atoms with Crippen LogP contribution in [0, 0.1) is 0 Å². The summed E-state index contributed by atoms with van der Waals surface area (Å²) in [5.41, 5.74) is 2.67. The third-order valence-electron chi connectivity index (χ3n) is 3.06. The highest BCUT2D eigenvalue weighted by molar-refractivity contribution is 5.44. The molecule has 0 aromatic heterocycles. The van der Waals surface area contributed by atoms with Gasteiger partial charge in [0.2, 0.25) is 0 Å². The fourth-order valence-corrected chi connectivity index (χ4v) is 2.13. The molecule has 1 aromatic rings. The Bertz CT molecular complexity index is 292. The molecule has 2 nitrogen and oxygen atoms in total. The van der Waals surface area contributed by atoms with Gasteiger partial charge in [-0.1, -0.05) is 12.1 Å². The molecule has 1 saturated heterocycles. The van der Waals surface area contributed by atoms with Crippen molar-refractivity contribution in [1.29, 1.82) is 0 Å². The van der Waals surface area contributed by atoms with Crippen LogP contribution in [0.15, 0.2) is 24.3 Å². The highest BCUT2D eigenvalue weighted by atomic mass is 15.1. The van der Waals surface area contributed by atoms with E-state index in [9.17, 15) is 0 Å². The number of hydrogen-bond donors (Lipinski definition) is 1. The van der Waals surface area contributed by atoms with Crippen molar-refractivity contribution < 1.29 is 0 Å². The second-order valence-corrected chi connectivity index (χ2v) is 4.12. The Morgan fingerprint density at radius 1 is 1.29 bits per heavy atom. The van der Waals surface area contributed by atoms with E-state index in [4.69, 9.17) is 0 Å². The van der Waals surface area contributed by atoms with E-state index in [0.29, 0.717) is 0 Å². The first-order valence-electron chi connectivity index (χ1n) is 5.26. The van der Waals surface area contributed by atoms with Crippen molar-refractivity contribution in [3.05, 3.63) is 29.8 Å². The van der Waals surface area contributed by atoms with Gasteiger partial charge < -0.3 is 10.2 Å². The maximum absolute atomic E-state index is 3.14. The van der Waals surface area contributed by atoms with E-state index in [-0.39, 0.29) is 0 Å². The molecule has 1 aromatic carbocycles. The summed E-state index contributed by atoms with van der Waals surface area (Å²) in [6.07, 6.45) is 1.30. The van der Waals surface area contributed by atoms with Crippen molar-refractivity contribution in [3.63, 3.8) is 0 Å². The largest absolute Gasteiger partial charge is 0.388 e. The predicted molar refractivity (Wildman–Crippen MR) is 60.8 cm³/mol. The molecule has 14 heavy (non-hydrogen) atoms. The third-order valence-corrected chi connectivity index (χ3v) is 3.06. The maximum Gasteiger partial charge on any atom is 0.0337 e. The highest BCUT2D eigenvalue weighted by Gasteiger charge is 2.20. The molecular weight excluding hydrogens is 172 g/mol. The summed E-state index contributed by atoms with van der Waals surface area (Å²) in [4.78, 5) is 2.40. The van der Waals surface area contributed by atoms with E-state index in [1.165, 1.54) is 30.8 Å². The number of nitrogens with one attached hydrogen (secondary N) is 1. The topological polar surface area (TPSA) is 15.3 Å². The van der Waals surface area contributed by atoms with E-state index in [1.54, 1.807) is 0 Å². The van der Waals surface area contributed by atoms with Crippen molar-refractivity contribution in [2.75, 3.05) is 32.5 Å². The number of benzene rings is 1. The van der Waals surface area contributed by atoms with E-state index in [2.05, 4.69) is 41.5 Å². The summed E-state index contributed by atoms with van der Waals surface area (Å²) in [6, 6.07) is 8.81. The van der Waals surface area contributed by atoms with Crippen molar-refractivity contribution in [2.45, 2.75) is 12.3 Å². The molecule has 2 heteroatoms. The van der Waals surface area contributed by atoms with Gasteiger partial charge in [0, 0.05) is 19.3 Å². The molecule has 0 radical (unpaired) electrons. The van der Waals surface area contributed by atoms with Gasteiger partial charge in [0.25, 0.3) is 0 Å². The number of anilines is 1. The lowest BCUT2D eigenvalue weighted by Gasteiger charge is -2.11. The normalized spacial score (nSPS) is 22.6. The van der Waals surface area contributed by atoms with Gasteiger partial charge in [-0.25, -0.2) is 0 Å². The van der Waals surface area contributed by atoms with Gasteiger partial charge in [0.05, 0.1) is 0 Å². The van der Waals surface area contributed by atoms with E-state index in [1.807, 2.05) is 7.05 Å². The number of likely N-dealkylation sites (N-methyl/N-ethyl adjacent to an activating group) is 1. The zero-order chi connectivity index (χ0) is 9.97. The van der Waals surface area contributed by atoms with Crippen LogP contribution in [0.25, 0.3) is 0 Å². The second kappa shape index (κ2) is 4.01. The van der Waals surface area contributed by atoms with Crippen LogP contribution in [0.4, 0.5) is 5.69 Å². The standard InChI is InChI=1S/C12H18N2/c1-13-12-5-3-10(4-6-12)11-7-8-14(2)9-11/h3-6,11,13H,7-9H2,1-2H3. The molecule has 0 bridgehead atoms. The van der Waals surface area contributed by atoms with Gasteiger partial charge in [-0.3, -0.25) is 0 Å². The first-order chi connectivity index (χ1) is 6.79. The average Bonchev–Trinajstić information content (AvgIpc) is 2.65. The van der Waals surface area contributed by atoms with Gasteiger partial charge in [-0.15, -0.1) is 0 Å². The predicted octanol–water partition coefficient (Wildman–Crippen LogP) is 2.15. The fraction of sp³-hybridized carbons (Fsp3) is 0.500. The van der Waals surface area contributed by atoms with E-state index in [0.717, 1.165) is 5.92 Å². The Balaban J connectivity index is 2.09. The summed E-state index contributed by atoms with van der Waals surface area (Å²) in [6.45, 7) is 2.44. The van der Waals surface area contributed by atoms with Crippen LogP contribution in [0.5, 0.6) is 0 Å². The van der Waals surface area contributed by atoms with Crippen LogP contribution in [-0.4, -0.2) is 32.1 Å². The van der Waals surface area contributed by atoms with Gasteiger partial charge in [0.1, 0.15) is 0 Å². The first kappa shape index (κ1) is 9.53. The molecule has 1 aliphatic rings. The zero-order valence-corrected chi connectivity index (χ0v) is 8.96. The molecule has 0 aliphatic carbocycles. The Morgan fingerprint density at radius 2 is 2.00 bits per heavy atom. The molecule has 1 atom stereocenters. The lowest BCUT2D eigenvalue weighted by molar-refractivity contribution is 0.411. The lowest BCUT2D eigenvalue weighted by Crippen LogP contribution is -2.13. The molecule has 1 heterocycles. The molecule has 1 N–H and O–H groups in total. The third kappa shape index (κ3) is 1.90. The van der Waals surface area contributed by atoms with E-state index < -0.39 is 0 Å². The Hall–Kier alpha value is -1.02. The average molecular weight is 190 g/mol. The summed E-state index contributed by atoms with van der Waals surface area (Å²) in [7, 11) is 4.15. The zero-order valence-electron chi connectivity index (χ0n) is 8.96. The summed E-state index contributed by atoms with van der Waals surface area (Å²) in [5, 5.41) is 3.14. The molecule has 1 fully saturated rings. The molecule has 1 aliphatic heterocycles. The van der Waals surface area contributed by atoms with Crippen LogP contribution in [0.1, 0.15) is 17.9 Å². The number of nitrogens with zero attached hydrogens (tertiary/aromatic N) is 1. The number of hydrogen-bond acceptors (Lipinski definition) is 2. The number of likely N-dealkylation sites (tertiary alicyclic amines) is 1. The minimum absolute atomic E-state index is 0.742. The van der Waals surface area contributed by atoms with Crippen LogP contribution in [0.2, 0.25) is 0 Å². The van der Waals surface area contributed by atoms with E-state index >= 15 is 0 Å². The van der Waals surface area contributed by atoms with Gasteiger partial charge in [-0.2, -0.15) is 0 Å². The Morgan fingerprint density at radius 3 is 2.50 bits per heavy atom. The van der Waals surface area contributed by atoms with Gasteiger partial charge in [-0.05, 0) is 43.6 Å². The number of rotatable bonds is 2. The highest BCUT2D eigenvalue weighted by Crippen LogP contribution is 2.26. The summed E-state index contributed by atoms with van der Waals surface area (Å²) in [5.74, 6) is 0.742. The smallest absolute Gasteiger partial charge is 0.0337 e. The fourth-order valence-electron chi connectivity index (χ4n) is 2.13. The van der Waals surface area contributed by atoms with Crippen LogP contribution in [-0.2, 0) is 0 Å². The Kier molecular flexibility index (Phi) is 2.73. The molecule has 0 amide bonds. The SMILES string of the molecule is CNc1ccc(C2CCN(C)C2)cc1. The van der Waals surface area contributed by atoms with Crippen LogP contribution < -0.4 is 5.32 Å². The van der Waals surface area contributed by atoms with Crippen molar-refractivity contribution in [3.8, 4) is 0 Å². The maximum atomic E-state index is 3.14. The monoisotopic (exact) mass is 190 g/mol. The van der Waals surface area contributed by atoms with Gasteiger partial charge >= 0.3 is 0 Å². The summed E-state index contributed by atoms with van der Waals surface area (Å²) < 4.78 is 0. The van der Waals surface area contributed by atoms with Crippen LogP contribution >= 0.6 is 0 Å². The van der Waals surface area contributed by atoms with Crippen molar-refractivity contribution in [1.82, 2.24) is 4.90 Å². The Labute approximate surface area is 85.9 Å². The second-order valence-electron chi connectivity index (χ2n) is 4.12.